The molecule has 2 N–H and O–H groups in total. The van der Waals surface area contributed by atoms with E-state index in [2.05, 4.69) is 0 Å². The molecule has 0 radical (unpaired) electrons. The van der Waals surface area contributed by atoms with Gasteiger partial charge in [0.15, 0.2) is 5.78 Å². The molecule has 1 atom stereocenters. The number of hydrogen-bond acceptors (Lipinski definition) is 4. The fourth-order valence-electron chi connectivity index (χ4n) is 6.31. The molecule has 1 unspecified atom stereocenters. The fourth-order valence-corrected chi connectivity index (χ4v) is 7.34. The zero-order valence-electron chi connectivity index (χ0n) is 24.7. The molecule has 0 bridgehead atoms. The van der Waals surface area contributed by atoms with E-state index in [1.807, 2.05) is 48.5 Å². The lowest BCUT2D eigenvalue weighted by Gasteiger charge is -2.37. The first-order valence-corrected chi connectivity index (χ1v) is 16.5. The van der Waals surface area contributed by atoms with E-state index in [4.69, 9.17) is 0 Å². The standard InChI is InChI=1S/C36H33N2O6P/c1-37(28-18-20-38(21-19-28)35(40)25-11-3-2-4-12-25)36(41)32-23-27-14-6-5-13-26(27)22-31(32)33(39)34(45(42,43)44)30-17-9-15-24-10-7-8-16-29(24)30/h2-17,22-23,28,34H,18-21H2,1H3,(H2,42,43,44). The zero-order chi connectivity index (χ0) is 31.7. The third-order valence-corrected chi connectivity index (χ3v) is 9.91. The Morgan fingerprint density at radius 2 is 1.31 bits per heavy atom. The molecular formula is C36H33N2O6P. The number of ketones is 1. The van der Waals surface area contributed by atoms with Gasteiger partial charge in [-0.2, -0.15) is 0 Å². The van der Waals surface area contributed by atoms with Gasteiger partial charge in [-0.25, -0.2) is 0 Å². The van der Waals surface area contributed by atoms with Crippen LogP contribution in [0.3, 0.4) is 0 Å². The molecule has 5 aromatic rings. The highest BCUT2D eigenvalue weighted by molar-refractivity contribution is 7.53. The van der Waals surface area contributed by atoms with Gasteiger partial charge in [0, 0.05) is 37.3 Å². The summed E-state index contributed by atoms with van der Waals surface area (Å²) >= 11 is 0. The maximum Gasteiger partial charge on any atom is 0.340 e. The van der Waals surface area contributed by atoms with Gasteiger partial charge in [0.05, 0.1) is 5.56 Å². The number of nitrogens with zero attached hydrogens (tertiary/aromatic N) is 2. The minimum atomic E-state index is -5.04. The van der Waals surface area contributed by atoms with Gasteiger partial charge in [0.2, 0.25) is 0 Å². The summed E-state index contributed by atoms with van der Waals surface area (Å²) in [6, 6.07) is 31.5. The summed E-state index contributed by atoms with van der Waals surface area (Å²) in [7, 11) is -3.36. The van der Waals surface area contributed by atoms with Crippen molar-refractivity contribution >= 4 is 46.7 Å². The van der Waals surface area contributed by atoms with Crippen molar-refractivity contribution in [1.82, 2.24) is 9.80 Å². The third kappa shape index (κ3) is 6.05. The largest absolute Gasteiger partial charge is 0.340 e. The van der Waals surface area contributed by atoms with Crippen LogP contribution in [0.2, 0.25) is 0 Å². The highest BCUT2D eigenvalue weighted by atomic mass is 31.2. The van der Waals surface area contributed by atoms with E-state index in [0.717, 1.165) is 10.8 Å². The van der Waals surface area contributed by atoms with Crippen molar-refractivity contribution in [2.24, 2.45) is 0 Å². The maximum absolute atomic E-state index is 14.3. The Kier molecular flexibility index (Phi) is 8.38. The highest BCUT2D eigenvalue weighted by Gasteiger charge is 2.40. The molecule has 6 rings (SSSR count). The second-order valence-corrected chi connectivity index (χ2v) is 13.2. The molecule has 1 aliphatic heterocycles. The summed E-state index contributed by atoms with van der Waals surface area (Å²) in [5.41, 5.74) is -0.924. The van der Waals surface area contributed by atoms with Crippen molar-refractivity contribution < 1.29 is 28.7 Å². The number of fused-ring (bicyclic) bond motifs is 2. The maximum atomic E-state index is 14.3. The lowest BCUT2D eigenvalue weighted by atomic mass is 9.91. The average Bonchev–Trinajstić information content (AvgIpc) is 3.06. The Bertz CT molecular complexity index is 1960. The van der Waals surface area contributed by atoms with E-state index < -0.39 is 24.9 Å². The number of carbonyl (C=O) groups is 3. The van der Waals surface area contributed by atoms with Crippen molar-refractivity contribution in [3.05, 3.63) is 131 Å². The third-order valence-electron chi connectivity index (χ3n) is 8.72. The molecule has 228 valence electrons. The van der Waals surface area contributed by atoms with Gasteiger partial charge in [0.25, 0.3) is 11.8 Å². The molecule has 8 nitrogen and oxygen atoms in total. The number of rotatable bonds is 7. The fraction of sp³-hybridized carbons (Fsp3) is 0.194. The minimum Gasteiger partial charge on any atom is -0.339 e. The first-order chi connectivity index (χ1) is 21.6. The average molecular weight is 621 g/mol. The zero-order valence-corrected chi connectivity index (χ0v) is 25.6. The van der Waals surface area contributed by atoms with Crippen molar-refractivity contribution in [2.45, 2.75) is 24.5 Å². The predicted molar refractivity (Wildman–Crippen MR) is 174 cm³/mol. The molecular weight excluding hydrogens is 587 g/mol. The van der Waals surface area contributed by atoms with Crippen LogP contribution in [-0.4, -0.2) is 63.4 Å². The number of hydrogen-bond donors (Lipinski definition) is 2. The van der Waals surface area contributed by atoms with Crippen molar-refractivity contribution in [1.29, 1.82) is 0 Å². The summed E-state index contributed by atoms with van der Waals surface area (Å²) in [4.78, 5) is 66.0. The number of likely N-dealkylation sites (tertiary alicyclic amines) is 1. The molecule has 1 saturated heterocycles. The van der Waals surface area contributed by atoms with Crippen LogP contribution in [0.1, 0.15) is 55.1 Å². The second-order valence-electron chi connectivity index (χ2n) is 11.5. The van der Waals surface area contributed by atoms with Crippen LogP contribution in [0.15, 0.2) is 109 Å². The molecule has 0 aliphatic carbocycles. The van der Waals surface area contributed by atoms with Gasteiger partial charge in [0.1, 0.15) is 5.66 Å². The van der Waals surface area contributed by atoms with Crippen molar-refractivity contribution in [2.75, 3.05) is 20.1 Å². The van der Waals surface area contributed by atoms with E-state index in [-0.39, 0.29) is 28.6 Å². The van der Waals surface area contributed by atoms with E-state index in [1.54, 1.807) is 77.5 Å². The molecule has 1 aliphatic rings. The topological polar surface area (TPSA) is 115 Å². The van der Waals surface area contributed by atoms with Crippen LogP contribution in [0.4, 0.5) is 0 Å². The summed E-state index contributed by atoms with van der Waals surface area (Å²) in [5, 5.41) is 2.71. The molecule has 9 heteroatoms. The SMILES string of the molecule is CN(C(=O)c1cc2ccccc2cc1C(=O)C(c1cccc2ccccc12)P(=O)(O)O)C1CCN(C(=O)c2ccccc2)CC1. The van der Waals surface area contributed by atoms with E-state index >= 15 is 0 Å². The Labute approximate surface area is 261 Å². The van der Waals surface area contributed by atoms with Crippen LogP contribution in [0, 0.1) is 0 Å². The monoisotopic (exact) mass is 620 g/mol. The van der Waals surface area contributed by atoms with Crippen LogP contribution >= 0.6 is 7.60 Å². The van der Waals surface area contributed by atoms with Crippen LogP contribution in [-0.2, 0) is 4.57 Å². The second kappa shape index (κ2) is 12.4. The quantitative estimate of drug-likeness (QED) is 0.159. The normalized spacial score (nSPS) is 14.8. The molecule has 1 heterocycles. The first-order valence-electron chi connectivity index (χ1n) is 14.8. The minimum absolute atomic E-state index is 0.0384. The van der Waals surface area contributed by atoms with Gasteiger partial charge in [-0.1, -0.05) is 84.9 Å². The molecule has 0 spiro atoms. The summed E-state index contributed by atoms with van der Waals surface area (Å²) < 4.78 is 13.1. The number of benzene rings is 5. The smallest absolute Gasteiger partial charge is 0.339 e. The van der Waals surface area contributed by atoms with Crippen molar-refractivity contribution in [3.8, 4) is 0 Å². The summed E-state index contributed by atoms with van der Waals surface area (Å²) in [6.45, 7) is 0.946. The lowest BCUT2D eigenvalue weighted by molar-refractivity contribution is 0.0567. The Morgan fingerprint density at radius 3 is 1.96 bits per heavy atom. The summed E-state index contributed by atoms with van der Waals surface area (Å²) in [6.07, 6.45) is 1.11. The Morgan fingerprint density at radius 1 is 0.756 bits per heavy atom. The van der Waals surface area contributed by atoms with E-state index in [0.29, 0.717) is 42.3 Å². The van der Waals surface area contributed by atoms with Crippen LogP contribution in [0.5, 0.6) is 0 Å². The Hall–Kier alpha value is -4.62. The van der Waals surface area contributed by atoms with Gasteiger partial charge >= 0.3 is 7.60 Å². The Balaban J connectivity index is 1.34. The van der Waals surface area contributed by atoms with E-state index in [1.165, 1.54) is 0 Å². The van der Waals surface area contributed by atoms with Crippen LogP contribution < -0.4 is 0 Å². The van der Waals surface area contributed by atoms with Gasteiger partial charge in [-0.15, -0.1) is 0 Å². The van der Waals surface area contributed by atoms with Gasteiger partial charge < -0.3 is 19.6 Å². The summed E-state index contributed by atoms with van der Waals surface area (Å²) in [5.74, 6) is -1.29. The lowest BCUT2D eigenvalue weighted by Crippen LogP contribution is -2.47. The molecule has 0 aromatic heterocycles. The number of Topliss-reactive ketones (excluding diaryl/α,β-unsaturated/α-hetero) is 1. The number of carbonyl (C=O) groups excluding carboxylic acids is 3. The van der Waals surface area contributed by atoms with Gasteiger partial charge in [-0.3, -0.25) is 18.9 Å². The molecule has 0 saturated carbocycles. The number of amides is 2. The predicted octanol–water partition coefficient (Wildman–Crippen LogP) is 6.47. The highest BCUT2D eigenvalue weighted by Crippen LogP contribution is 2.55. The molecule has 45 heavy (non-hydrogen) atoms. The number of piperidine rings is 1. The molecule has 1 fully saturated rings. The molecule has 2 amide bonds. The first kappa shape index (κ1) is 30.4. The molecule has 5 aromatic carbocycles. The van der Waals surface area contributed by atoms with Gasteiger partial charge in [-0.05, 0) is 64.2 Å². The van der Waals surface area contributed by atoms with Crippen molar-refractivity contribution in [3.63, 3.8) is 0 Å². The van der Waals surface area contributed by atoms with Crippen LogP contribution in [0.25, 0.3) is 21.5 Å². The van der Waals surface area contributed by atoms with E-state index in [9.17, 15) is 28.7 Å².